The van der Waals surface area contributed by atoms with Crippen molar-refractivity contribution in [3.63, 3.8) is 0 Å². The summed E-state index contributed by atoms with van der Waals surface area (Å²) in [5.41, 5.74) is 0.772. The van der Waals surface area contributed by atoms with Gasteiger partial charge < -0.3 is 9.84 Å². The maximum Gasteiger partial charge on any atom is 0.240 e. The summed E-state index contributed by atoms with van der Waals surface area (Å²) in [6.45, 7) is 5.36. The Morgan fingerprint density at radius 1 is 1.63 bits per heavy atom. The Kier molecular flexibility index (Phi) is 3.52. The number of hydrogen-bond acceptors (Lipinski definition) is 5. The van der Waals surface area contributed by atoms with Crippen LogP contribution in [0, 0.1) is 12.8 Å². The van der Waals surface area contributed by atoms with Gasteiger partial charge in [0.15, 0.2) is 0 Å². The highest BCUT2D eigenvalue weighted by atomic mass is 16.5. The van der Waals surface area contributed by atoms with Gasteiger partial charge in [-0.05, 0) is 38.8 Å². The number of aryl methyl sites for hydroxylation is 1. The van der Waals surface area contributed by atoms with Crippen molar-refractivity contribution in [1.82, 2.24) is 15.4 Å². The predicted octanol–water partition coefficient (Wildman–Crippen LogP) is 0.605. The minimum absolute atomic E-state index is 0.0244. The lowest BCUT2D eigenvalue weighted by atomic mass is 9.92. The van der Waals surface area contributed by atoms with Gasteiger partial charge in [-0.15, -0.1) is 0 Å². The van der Waals surface area contributed by atoms with E-state index in [0.717, 1.165) is 25.3 Å². The summed E-state index contributed by atoms with van der Waals surface area (Å²) in [6.07, 6.45) is 2.45. The zero-order valence-corrected chi connectivity index (χ0v) is 11.2. The number of amides is 1. The SMILES string of the molecule is Cc1cc(NC(=O)CN2CCCC3CNCC32)on1. The van der Waals surface area contributed by atoms with E-state index in [2.05, 4.69) is 20.7 Å². The standard InChI is InChI=1S/C13H20N4O2/c1-9-5-13(19-16-9)15-12(18)8-17-4-2-3-10-6-14-7-11(10)17/h5,10-11,14H,2-4,6-8H2,1H3,(H,15,18). The van der Waals surface area contributed by atoms with Gasteiger partial charge in [-0.2, -0.15) is 0 Å². The van der Waals surface area contributed by atoms with Crippen molar-refractivity contribution in [2.24, 2.45) is 5.92 Å². The molecule has 2 N–H and O–H groups in total. The molecule has 3 rings (SSSR count). The molecular formula is C13H20N4O2. The average Bonchev–Trinajstić information content (AvgIpc) is 2.98. The van der Waals surface area contributed by atoms with Crippen molar-refractivity contribution in [3.05, 3.63) is 11.8 Å². The minimum atomic E-state index is -0.0244. The number of anilines is 1. The Hall–Kier alpha value is -1.40. The van der Waals surface area contributed by atoms with E-state index in [-0.39, 0.29) is 5.91 Å². The summed E-state index contributed by atoms with van der Waals surface area (Å²) >= 11 is 0. The van der Waals surface area contributed by atoms with Gasteiger partial charge in [0, 0.05) is 18.7 Å². The molecule has 2 atom stereocenters. The van der Waals surface area contributed by atoms with E-state index in [1.54, 1.807) is 6.07 Å². The van der Waals surface area contributed by atoms with Crippen LogP contribution < -0.4 is 10.6 Å². The molecule has 0 saturated carbocycles. The molecule has 0 bridgehead atoms. The van der Waals surface area contributed by atoms with E-state index in [4.69, 9.17) is 4.52 Å². The smallest absolute Gasteiger partial charge is 0.240 e. The Balaban J connectivity index is 1.56. The Labute approximate surface area is 112 Å². The Morgan fingerprint density at radius 2 is 2.53 bits per heavy atom. The molecule has 3 heterocycles. The quantitative estimate of drug-likeness (QED) is 0.837. The lowest BCUT2D eigenvalue weighted by molar-refractivity contribution is -0.118. The molecule has 2 fully saturated rings. The van der Waals surface area contributed by atoms with Gasteiger partial charge in [0.25, 0.3) is 0 Å². The predicted molar refractivity (Wildman–Crippen MR) is 70.8 cm³/mol. The Bertz CT molecular complexity index is 459. The van der Waals surface area contributed by atoms with Crippen molar-refractivity contribution in [1.29, 1.82) is 0 Å². The van der Waals surface area contributed by atoms with Crippen LogP contribution in [0.1, 0.15) is 18.5 Å². The van der Waals surface area contributed by atoms with Crippen LogP contribution in [-0.2, 0) is 4.79 Å². The van der Waals surface area contributed by atoms with Crippen LogP contribution in [0.4, 0.5) is 5.88 Å². The lowest BCUT2D eigenvalue weighted by Crippen LogP contribution is -2.48. The monoisotopic (exact) mass is 264 g/mol. The molecule has 6 heteroatoms. The maximum atomic E-state index is 12.0. The summed E-state index contributed by atoms with van der Waals surface area (Å²) in [5, 5.41) is 9.93. The minimum Gasteiger partial charge on any atom is -0.338 e. The number of likely N-dealkylation sites (tertiary alicyclic amines) is 1. The fourth-order valence-electron chi connectivity index (χ4n) is 3.14. The molecule has 2 aliphatic heterocycles. The zero-order chi connectivity index (χ0) is 13.2. The van der Waals surface area contributed by atoms with E-state index < -0.39 is 0 Å². The zero-order valence-electron chi connectivity index (χ0n) is 11.2. The highest BCUT2D eigenvalue weighted by Gasteiger charge is 2.35. The number of nitrogens with one attached hydrogen (secondary N) is 2. The summed E-state index contributed by atoms with van der Waals surface area (Å²) in [4.78, 5) is 14.3. The number of carbonyl (C=O) groups is 1. The van der Waals surface area contributed by atoms with Crippen molar-refractivity contribution >= 4 is 11.8 Å². The van der Waals surface area contributed by atoms with Crippen LogP contribution in [0.25, 0.3) is 0 Å². The van der Waals surface area contributed by atoms with Crippen LogP contribution >= 0.6 is 0 Å². The van der Waals surface area contributed by atoms with Gasteiger partial charge in [-0.25, -0.2) is 0 Å². The van der Waals surface area contributed by atoms with Crippen LogP contribution in [-0.4, -0.2) is 48.2 Å². The van der Waals surface area contributed by atoms with Crippen LogP contribution in [0.3, 0.4) is 0 Å². The largest absolute Gasteiger partial charge is 0.338 e. The average molecular weight is 264 g/mol. The molecule has 19 heavy (non-hydrogen) atoms. The van der Waals surface area contributed by atoms with Crippen molar-refractivity contribution in [2.45, 2.75) is 25.8 Å². The molecule has 0 spiro atoms. The summed E-state index contributed by atoms with van der Waals surface area (Å²) in [6, 6.07) is 2.24. The van der Waals surface area contributed by atoms with Gasteiger partial charge in [-0.1, -0.05) is 5.16 Å². The molecule has 0 aromatic carbocycles. The molecule has 2 unspecified atom stereocenters. The van der Waals surface area contributed by atoms with E-state index in [0.29, 0.717) is 24.4 Å². The second kappa shape index (κ2) is 5.30. The maximum absolute atomic E-state index is 12.0. The first kappa shape index (κ1) is 12.6. The lowest BCUT2D eigenvalue weighted by Gasteiger charge is -2.36. The molecular weight excluding hydrogens is 244 g/mol. The first-order valence-corrected chi connectivity index (χ1v) is 6.90. The third-order valence-corrected chi connectivity index (χ3v) is 4.03. The van der Waals surface area contributed by atoms with Gasteiger partial charge in [0.1, 0.15) is 0 Å². The topological polar surface area (TPSA) is 70.4 Å². The highest BCUT2D eigenvalue weighted by molar-refractivity contribution is 5.91. The van der Waals surface area contributed by atoms with E-state index in [1.165, 1.54) is 12.8 Å². The van der Waals surface area contributed by atoms with Gasteiger partial charge in [-0.3, -0.25) is 15.0 Å². The number of hydrogen-bond donors (Lipinski definition) is 2. The molecule has 104 valence electrons. The van der Waals surface area contributed by atoms with Crippen molar-refractivity contribution < 1.29 is 9.32 Å². The molecule has 1 aromatic rings. The third kappa shape index (κ3) is 2.79. The number of carbonyl (C=O) groups excluding carboxylic acids is 1. The fraction of sp³-hybridized carbons (Fsp3) is 0.692. The molecule has 6 nitrogen and oxygen atoms in total. The highest BCUT2D eigenvalue weighted by Crippen LogP contribution is 2.26. The Morgan fingerprint density at radius 3 is 3.32 bits per heavy atom. The first-order valence-electron chi connectivity index (χ1n) is 6.90. The fourth-order valence-corrected chi connectivity index (χ4v) is 3.14. The van der Waals surface area contributed by atoms with Crippen LogP contribution in [0.2, 0.25) is 0 Å². The summed E-state index contributed by atoms with van der Waals surface area (Å²) in [7, 11) is 0. The van der Waals surface area contributed by atoms with E-state index in [1.807, 2.05) is 6.92 Å². The molecule has 0 aliphatic carbocycles. The summed E-state index contributed by atoms with van der Waals surface area (Å²) in [5.74, 6) is 1.11. The molecule has 2 saturated heterocycles. The molecule has 1 aromatic heterocycles. The van der Waals surface area contributed by atoms with E-state index in [9.17, 15) is 4.79 Å². The summed E-state index contributed by atoms with van der Waals surface area (Å²) < 4.78 is 5.00. The van der Waals surface area contributed by atoms with Crippen LogP contribution in [0.15, 0.2) is 10.6 Å². The molecule has 2 aliphatic rings. The van der Waals surface area contributed by atoms with Crippen molar-refractivity contribution in [2.75, 3.05) is 31.5 Å². The van der Waals surface area contributed by atoms with Gasteiger partial charge in [0.2, 0.25) is 11.8 Å². The van der Waals surface area contributed by atoms with Gasteiger partial charge in [0.05, 0.1) is 12.2 Å². The number of rotatable bonds is 3. The second-order valence-corrected chi connectivity index (χ2v) is 5.48. The molecule has 0 radical (unpaired) electrons. The number of nitrogens with zero attached hydrogens (tertiary/aromatic N) is 2. The number of piperidine rings is 1. The van der Waals surface area contributed by atoms with Gasteiger partial charge >= 0.3 is 0 Å². The molecule has 1 amide bonds. The third-order valence-electron chi connectivity index (χ3n) is 4.03. The first-order chi connectivity index (χ1) is 9.22. The number of fused-ring (bicyclic) bond motifs is 1. The second-order valence-electron chi connectivity index (χ2n) is 5.48. The van der Waals surface area contributed by atoms with Crippen LogP contribution in [0.5, 0.6) is 0 Å². The van der Waals surface area contributed by atoms with Crippen molar-refractivity contribution in [3.8, 4) is 0 Å². The van der Waals surface area contributed by atoms with E-state index >= 15 is 0 Å². The normalized spacial score (nSPS) is 27.2. The number of aromatic nitrogens is 1.